The number of benzene rings is 1. The molecule has 2 amide bonds. The summed E-state index contributed by atoms with van der Waals surface area (Å²) >= 11 is 0. The summed E-state index contributed by atoms with van der Waals surface area (Å²) in [5.41, 5.74) is 0.335. The number of halogens is 1. The molecule has 0 saturated carbocycles. The molecule has 0 radical (unpaired) electrons. The van der Waals surface area contributed by atoms with E-state index in [1.165, 1.54) is 24.3 Å². The van der Waals surface area contributed by atoms with Crippen LogP contribution in [0, 0.1) is 5.82 Å². The second-order valence-electron chi connectivity index (χ2n) is 5.94. The lowest BCUT2D eigenvalue weighted by atomic mass is 10.2. The van der Waals surface area contributed by atoms with Crippen LogP contribution in [-0.2, 0) is 4.79 Å². The van der Waals surface area contributed by atoms with Crippen molar-refractivity contribution >= 4 is 11.8 Å². The molecule has 0 spiro atoms. The molecule has 0 aliphatic rings. The van der Waals surface area contributed by atoms with E-state index in [4.69, 9.17) is 4.42 Å². The van der Waals surface area contributed by atoms with Gasteiger partial charge in [-0.1, -0.05) is 13.8 Å². The first kappa shape index (κ1) is 18.6. The number of amides is 2. The van der Waals surface area contributed by atoms with Gasteiger partial charge in [0.2, 0.25) is 17.7 Å². The van der Waals surface area contributed by atoms with Gasteiger partial charge in [-0.2, -0.15) is 0 Å². The van der Waals surface area contributed by atoms with Gasteiger partial charge in [-0.25, -0.2) is 4.39 Å². The molecule has 1 aromatic heterocycles. The van der Waals surface area contributed by atoms with E-state index in [1.807, 2.05) is 13.8 Å². The zero-order valence-electron chi connectivity index (χ0n) is 14.4. The van der Waals surface area contributed by atoms with Crippen LogP contribution in [0.5, 0.6) is 0 Å². The second kappa shape index (κ2) is 8.36. The average Bonchev–Trinajstić information content (AvgIpc) is 3.05. The van der Waals surface area contributed by atoms with E-state index < -0.39 is 11.9 Å². The van der Waals surface area contributed by atoms with Crippen LogP contribution in [0.25, 0.3) is 0 Å². The van der Waals surface area contributed by atoms with Crippen LogP contribution >= 0.6 is 0 Å². The molecule has 2 rings (SSSR count). The van der Waals surface area contributed by atoms with E-state index >= 15 is 0 Å². The van der Waals surface area contributed by atoms with Crippen molar-refractivity contribution < 1.29 is 18.4 Å². The smallest absolute Gasteiger partial charge is 0.251 e. The molecule has 25 heavy (non-hydrogen) atoms. The Morgan fingerprint density at radius 3 is 2.36 bits per heavy atom. The first-order valence-corrected chi connectivity index (χ1v) is 8.03. The third-order valence-electron chi connectivity index (χ3n) is 3.44. The minimum absolute atomic E-state index is 0.0997. The Balaban J connectivity index is 1.76. The third-order valence-corrected chi connectivity index (χ3v) is 3.44. The largest absolute Gasteiger partial charge is 0.423 e. The molecular weight excluding hydrogens is 327 g/mol. The maximum atomic E-state index is 12.8. The fourth-order valence-electron chi connectivity index (χ4n) is 2.02. The molecule has 7 nitrogen and oxygen atoms in total. The van der Waals surface area contributed by atoms with Gasteiger partial charge in [0.05, 0.1) is 0 Å². The molecule has 1 heterocycles. The van der Waals surface area contributed by atoms with Gasteiger partial charge in [-0.3, -0.25) is 9.59 Å². The van der Waals surface area contributed by atoms with Gasteiger partial charge in [-0.05, 0) is 31.2 Å². The zero-order valence-corrected chi connectivity index (χ0v) is 14.4. The van der Waals surface area contributed by atoms with Crippen molar-refractivity contribution in [2.45, 2.75) is 39.2 Å². The van der Waals surface area contributed by atoms with Gasteiger partial charge in [0.15, 0.2) is 0 Å². The Labute approximate surface area is 145 Å². The number of nitrogens with zero attached hydrogens (tertiary/aromatic N) is 2. The van der Waals surface area contributed by atoms with E-state index in [0.29, 0.717) is 17.3 Å². The molecule has 0 fully saturated rings. The molecule has 0 saturated heterocycles. The van der Waals surface area contributed by atoms with Crippen LogP contribution in [0.3, 0.4) is 0 Å². The maximum Gasteiger partial charge on any atom is 0.251 e. The zero-order chi connectivity index (χ0) is 18.4. The van der Waals surface area contributed by atoms with Crippen molar-refractivity contribution in [3.63, 3.8) is 0 Å². The number of rotatable bonds is 7. The number of hydrogen-bond acceptors (Lipinski definition) is 5. The van der Waals surface area contributed by atoms with Crippen molar-refractivity contribution in [1.29, 1.82) is 0 Å². The van der Waals surface area contributed by atoms with E-state index in [0.717, 1.165) is 0 Å². The molecule has 134 valence electrons. The van der Waals surface area contributed by atoms with Crippen LogP contribution in [-0.4, -0.2) is 28.6 Å². The summed E-state index contributed by atoms with van der Waals surface area (Å²) in [4.78, 5) is 23.8. The Hall–Kier alpha value is -2.77. The fraction of sp³-hybridized carbons (Fsp3) is 0.412. The first-order valence-electron chi connectivity index (χ1n) is 8.03. The summed E-state index contributed by atoms with van der Waals surface area (Å²) in [5, 5.41) is 13.2. The van der Waals surface area contributed by atoms with E-state index in [1.54, 1.807) is 6.92 Å². The maximum absolute atomic E-state index is 12.8. The third kappa shape index (κ3) is 5.37. The number of nitrogens with one attached hydrogen (secondary N) is 2. The minimum Gasteiger partial charge on any atom is -0.423 e. The van der Waals surface area contributed by atoms with E-state index in [2.05, 4.69) is 20.8 Å². The topological polar surface area (TPSA) is 97.1 Å². The predicted molar refractivity (Wildman–Crippen MR) is 88.3 cm³/mol. The van der Waals surface area contributed by atoms with Crippen molar-refractivity contribution in [3.05, 3.63) is 47.4 Å². The Kier molecular flexibility index (Phi) is 6.21. The lowest BCUT2D eigenvalue weighted by Crippen LogP contribution is -2.32. The standard InChI is InChI=1S/C17H21FN4O3/c1-10(2)16-21-22-17(25-16)11(3)20-14(23)8-9-19-15(24)12-4-6-13(18)7-5-12/h4-7,10-11H,8-9H2,1-3H3,(H,19,24)(H,20,23). The summed E-state index contributed by atoms with van der Waals surface area (Å²) in [7, 11) is 0. The molecule has 1 atom stereocenters. The molecule has 8 heteroatoms. The van der Waals surface area contributed by atoms with Gasteiger partial charge in [0, 0.05) is 24.4 Å². The highest BCUT2D eigenvalue weighted by Crippen LogP contribution is 2.16. The molecule has 0 aliphatic carbocycles. The second-order valence-corrected chi connectivity index (χ2v) is 5.94. The van der Waals surface area contributed by atoms with E-state index in [9.17, 15) is 14.0 Å². The predicted octanol–water partition coefficient (Wildman–Crippen LogP) is 2.33. The molecule has 1 unspecified atom stereocenters. The van der Waals surface area contributed by atoms with Gasteiger partial charge < -0.3 is 15.1 Å². The average molecular weight is 348 g/mol. The summed E-state index contributed by atoms with van der Waals surface area (Å²) in [5.74, 6) is -0.0528. The highest BCUT2D eigenvalue weighted by Gasteiger charge is 2.17. The SMILES string of the molecule is CC(C)c1nnc(C(C)NC(=O)CCNC(=O)c2ccc(F)cc2)o1. The lowest BCUT2D eigenvalue weighted by Gasteiger charge is -2.10. The molecule has 0 bridgehead atoms. The lowest BCUT2D eigenvalue weighted by molar-refractivity contribution is -0.121. The van der Waals surface area contributed by atoms with Crippen molar-refractivity contribution in [2.24, 2.45) is 0 Å². The molecule has 2 N–H and O–H groups in total. The van der Waals surface area contributed by atoms with Crippen molar-refractivity contribution in [3.8, 4) is 0 Å². The molecule has 0 aliphatic heterocycles. The van der Waals surface area contributed by atoms with Crippen molar-refractivity contribution in [1.82, 2.24) is 20.8 Å². The monoisotopic (exact) mass is 348 g/mol. The Morgan fingerprint density at radius 1 is 1.12 bits per heavy atom. The molecule has 2 aromatic rings. The molecule has 1 aromatic carbocycles. The van der Waals surface area contributed by atoms with Gasteiger partial charge >= 0.3 is 0 Å². The first-order chi connectivity index (χ1) is 11.9. The number of carbonyl (C=O) groups is 2. The normalized spacial score (nSPS) is 12.0. The highest BCUT2D eigenvalue weighted by atomic mass is 19.1. The Bertz CT molecular complexity index is 728. The highest BCUT2D eigenvalue weighted by molar-refractivity contribution is 5.94. The van der Waals surface area contributed by atoms with Crippen LogP contribution in [0.15, 0.2) is 28.7 Å². The van der Waals surface area contributed by atoms with Crippen LogP contribution < -0.4 is 10.6 Å². The number of hydrogen-bond donors (Lipinski definition) is 2. The van der Waals surface area contributed by atoms with E-state index in [-0.39, 0.29) is 30.7 Å². The summed E-state index contributed by atoms with van der Waals surface area (Å²) in [6.45, 7) is 5.77. The van der Waals surface area contributed by atoms with Crippen LogP contribution in [0.2, 0.25) is 0 Å². The number of aromatic nitrogens is 2. The van der Waals surface area contributed by atoms with Crippen LogP contribution in [0.4, 0.5) is 4.39 Å². The van der Waals surface area contributed by atoms with Crippen LogP contribution in [0.1, 0.15) is 61.3 Å². The van der Waals surface area contributed by atoms with Gasteiger partial charge in [0.1, 0.15) is 11.9 Å². The number of carbonyl (C=O) groups excluding carboxylic acids is 2. The Morgan fingerprint density at radius 2 is 1.76 bits per heavy atom. The summed E-state index contributed by atoms with van der Waals surface area (Å²) in [6.07, 6.45) is 0.0997. The quantitative estimate of drug-likeness (QED) is 0.800. The minimum atomic E-state index is -0.416. The van der Waals surface area contributed by atoms with Gasteiger partial charge in [0.25, 0.3) is 5.91 Å². The summed E-state index contributed by atoms with van der Waals surface area (Å²) in [6, 6.07) is 4.77. The summed E-state index contributed by atoms with van der Waals surface area (Å²) < 4.78 is 18.3. The fourth-order valence-corrected chi connectivity index (χ4v) is 2.02. The van der Waals surface area contributed by atoms with Crippen molar-refractivity contribution in [2.75, 3.05) is 6.54 Å². The molecular formula is C17H21FN4O3. The van der Waals surface area contributed by atoms with Gasteiger partial charge in [-0.15, -0.1) is 10.2 Å².